The quantitative estimate of drug-likeness (QED) is 0.154. The van der Waals surface area contributed by atoms with E-state index >= 15 is 0 Å². The first kappa shape index (κ1) is 25.5. The van der Waals surface area contributed by atoms with Crippen LogP contribution in [0.15, 0.2) is 48.5 Å². The molecule has 182 valence electrons. The van der Waals surface area contributed by atoms with E-state index in [4.69, 9.17) is 11.6 Å². The van der Waals surface area contributed by atoms with E-state index in [1.165, 1.54) is 36.4 Å². The Hall–Kier alpha value is -2.63. The lowest BCUT2D eigenvalue weighted by atomic mass is 9.81. The first-order valence-electron chi connectivity index (χ1n) is 10.6. The molecular formula is C23H18Br2ClN3O6. The van der Waals surface area contributed by atoms with E-state index in [0.717, 1.165) is 10.0 Å². The number of halogens is 3. The van der Waals surface area contributed by atoms with E-state index in [2.05, 4.69) is 31.9 Å². The van der Waals surface area contributed by atoms with Crippen molar-refractivity contribution < 1.29 is 24.1 Å². The molecule has 2 fully saturated rings. The zero-order valence-corrected chi connectivity index (χ0v) is 21.9. The van der Waals surface area contributed by atoms with Crippen molar-refractivity contribution in [3.63, 3.8) is 0 Å². The van der Waals surface area contributed by atoms with Gasteiger partial charge in [-0.2, -0.15) is 5.01 Å². The maximum Gasteiger partial charge on any atom is 0.274 e. The zero-order chi connectivity index (χ0) is 25.4. The van der Waals surface area contributed by atoms with Gasteiger partial charge in [-0.25, -0.2) is 5.01 Å². The Kier molecular flexibility index (Phi) is 7.39. The molecule has 0 spiro atoms. The van der Waals surface area contributed by atoms with Crippen LogP contribution in [0, 0.1) is 22.0 Å². The van der Waals surface area contributed by atoms with E-state index in [1.54, 1.807) is 12.1 Å². The summed E-state index contributed by atoms with van der Waals surface area (Å²) < 4.78 is 0. The fraction of sp³-hybridized carbons (Fsp3) is 0.304. The molecule has 1 saturated heterocycles. The highest BCUT2D eigenvalue weighted by molar-refractivity contribution is 9.12. The molecule has 0 bridgehead atoms. The monoisotopic (exact) mass is 625 g/mol. The number of amides is 3. The Morgan fingerprint density at radius 3 is 2.06 bits per heavy atom. The van der Waals surface area contributed by atoms with Crippen LogP contribution in [0.5, 0.6) is 0 Å². The third-order valence-corrected chi connectivity index (χ3v) is 9.22. The number of nitro groups is 1. The standard InChI is InChI=1S/C23H18Br2ClN3O6/c24-17-9-15-16(10-18(17)25)23(33)28(22(15)32)27(21(31)14-3-1-2-4-19(14)26)11-20(30)12-5-7-13(8-6-12)29(34)35/h1-8,15-18H,9-11H2/t15-,16-,17+,18+/m1/s1. The van der Waals surface area contributed by atoms with Gasteiger partial charge in [0.25, 0.3) is 23.4 Å². The number of alkyl halides is 2. The van der Waals surface area contributed by atoms with Gasteiger partial charge in [-0.1, -0.05) is 55.6 Å². The van der Waals surface area contributed by atoms with Crippen LogP contribution in [-0.4, -0.2) is 54.6 Å². The minimum atomic E-state index is -0.781. The summed E-state index contributed by atoms with van der Waals surface area (Å²) in [5.41, 5.74) is -0.0869. The minimum Gasteiger partial charge on any atom is -0.292 e. The van der Waals surface area contributed by atoms with Gasteiger partial charge < -0.3 is 0 Å². The lowest BCUT2D eigenvalue weighted by molar-refractivity contribution is -0.384. The number of ketones is 1. The maximum atomic E-state index is 13.5. The molecule has 12 heteroatoms. The number of carbonyl (C=O) groups is 4. The Morgan fingerprint density at radius 1 is 1.00 bits per heavy atom. The molecule has 4 atom stereocenters. The van der Waals surface area contributed by atoms with Gasteiger partial charge in [-0.3, -0.25) is 29.3 Å². The number of Topliss-reactive ketones (excluding diaryl/α,β-unsaturated/α-hetero) is 1. The number of carbonyl (C=O) groups excluding carboxylic acids is 4. The van der Waals surface area contributed by atoms with Crippen molar-refractivity contribution >= 4 is 72.7 Å². The van der Waals surface area contributed by atoms with Gasteiger partial charge in [-0.15, -0.1) is 0 Å². The first-order valence-corrected chi connectivity index (χ1v) is 12.8. The summed E-state index contributed by atoms with van der Waals surface area (Å²) in [5, 5.41) is 12.6. The number of imide groups is 1. The number of non-ortho nitro benzene ring substituents is 1. The van der Waals surface area contributed by atoms with Crippen LogP contribution >= 0.6 is 43.5 Å². The molecule has 1 aliphatic heterocycles. The second-order valence-electron chi connectivity index (χ2n) is 8.27. The van der Waals surface area contributed by atoms with Crippen molar-refractivity contribution in [3.8, 4) is 0 Å². The van der Waals surface area contributed by atoms with Crippen LogP contribution in [-0.2, 0) is 9.59 Å². The molecule has 1 aliphatic carbocycles. The van der Waals surface area contributed by atoms with Gasteiger partial charge in [-0.05, 0) is 37.1 Å². The third kappa shape index (κ3) is 4.89. The van der Waals surface area contributed by atoms with Crippen molar-refractivity contribution in [2.45, 2.75) is 22.5 Å². The normalized spacial score (nSPS) is 23.7. The number of benzene rings is 2. The summed E-state index contributed by atoms with van der Waals surface area (Å²) in [4.78, 5) is 63.6. The number of hydrazine groups is 1. The van der Waals surface area contributed by atoms with E-state index in [0.29, 0.717) is 12.8 Å². The molecule has 4 rings (SSSR count). The molecular weight excluding hydrogens is 610 g/mol. The Labute approximate surface area is 221 Å². The van der Waals surface area contributed by atoms with E-state index in [-0.39, 0.29) is 31.5 Å². The predicted octanol–water partition coefficient (Wildman–Crippen LogP) is 4.41. The number of hydrogen-bond donors (Lipinski definition) is 0. The first-order chi connectivity index (χ1) is 16.6. The largest absolute Gasteiger partial charge is 0.292 e. The van der Waals surface area contributed by atoms with Crippen LogP contribution in [0.25, 0.3) is 0 Å². The zero-order valence-electron chi connectivity index (χ0n) is 18.0. The predicted molar refractivity (Wildman–Crippen MR) is 133 cm³/mol. The van der Waals surface area contributed by atoms with Crippen LogP contribution in [0.4, 0.5) is 5.69 Å². The lowest BCUT2D eigenvalue weighted by Gasteiger charge is -2.30. The average Bonchev–Trinajstić information content (AvgIpc) is 3.06. The van der Waals surface area contributed by atoms with Gasteiger partial charge >= 0.3 is 0 Å². The average molecular weight is 628 g/mol. The minimum absolute atomic E-state index is 0.0258. The highest BCUT2D eigenvalue weighted by Gasteiger charge is 2.54. The Morgan fingerprint density at radius 2 is 1.54 bits per heavy atom. The van der Waals surface area contributed by atoms with E-state index in [9.17, 15) is 29.3 Å². The highest BCUT2D eigenvalue weighted by Crippen LogP contribution is 2.43. The molecule has 35 heavy (non-hydrogen) atoms. The molecule has 1 saturated carbocycles. The molecule has 0 aromatic heterocycles. The fourth-order valence-corrected chi connectivity index (χ4v) is 5.77. The van der Waals surface area contributed by atoms with Crippen LogP contribution in [0.3, 0.4) is 0 Å². The molecule has 0 unspecified atom stereocenters. The van der Waals surface area contributed by atoms with Gasteiger partial charge in [0.05, 0.1) is 27.3 Å². The summed E-state index contributed by atoms with van der Waals surface area (Å²) in [6.07, 6.45) is 0.790. The lowest BCUT2D eigenvalue weighted by Crippen LogP contribution is -2.52. The van der Waals surface area contributed by atoms with Gasteiger partial charge in [0, 0.05) is 27.4 Å². The molecule has 0 radical (unpaired) electrons. The highest BCUT2D eigenvalue weighted by atomic mass is 79.9. The Bertz CT molecular complexity index is 1200. The van der Waals surface area contributed by atoms with Crippen molar-refractivity contribution in [2.75, 3.05) is 6.54 Å². The second kappa shape index (κ2) is 10.2. The summed E-state index contributed by atoms with van der Waals surface area (Å²) in [6.45, 7) is -0.631. The second-order valence-corrected chi connectivity index (χ2v) is 11.0. The number of nitrogens with zero attached hydrogens (tertiary/aromatic N) is 3. The van der Waals surface area contributed by atoms with E-state index < -0.39 is 46.8 Å². The van der Waals surface area contributed by atoms with Gasteiger partial charge in [0.15, 0.2) is 5.78 Å². The summed E-state index contributed by atoms with van der Waals surface area (Å²) in [6, 6.07) is 11.0. The third-order valence-electron chi connectivity index (χ3n) is 6.16. The molecule has 1 heterocycles. The molecule has 2 aromatic carbocycles. The van der Waals surface area contributed by atoms with Gasteiger partial charge in [0.1, 0.15) is 6.54 Å². The van der Waals surface area contributed by atoms with Crippen molar-refractivity contribution in [2.24, 2.45) is 11.8 Å². The van der Waals surface area contributed by atoms with Crippen molar-refractivity contribution in [1.82, 2.24) is 10.0 Å². The molecule has 0 N–H and O–H groups in total. The SMILES string of the molecule is O=C(CN(C(=O)c1ccccc1Cl)N1C(=O)[C@@H]2C[C@H](Br)[C@@H](Br)C[C@H]2C1=O)c1ccc([N+](=O)[O-])cc1. The summed E-state index contributed by atoms with van der Waals surface area (Å²) in [7, 11) is 0. The summed E-state index contributed by atoms with van der Waals surface area (Å²) in [5.74, 6) is -3.75. The number of nitro benzene ring substituents is 1. The van der Waals surface area contributed by atoms with Gasteiger partial charge in [0.2, 0.25) is 0 Å². The topological polar surface area (TPSA) is 118 Å². The molecule has 2 aliphatic rings. The van der Waals surface area contributed by atoms with Crippen LogP contribution < -0.4 is 0 Å². The molecule has 9 nitrogen and oxygen atoms in total. The summed E-state index contributed by atoms with van der Waals surface area (Å²) >= 11 is 13.3. The number of rotatable bonds is 6. The van der Waals surface area contributed by atoms with Crippen LogP contribution in [0.1, 0.15) is 33.6 Å². The van der Waals surface area contributed by atoms with E-state index in [1.807, 2.05) is 0 Å². The molecule has 3 amide bonds. The smallest absolute Gasteiger partial charge is 0.274 e. The van der Waals surface area contributed by atoms with Crippen LogP contribution in [0.2, 0.25) is 5.02 Å². The van der Waals surface area contributed by atoms with Crippen molar-refractivity contribution in [1.29, 1.82) is 0 Å². The maximum absolute atomic E-state index is 13.5. The van der Waals surface area contributed by atoms with Crippen molar-refractivity contribution in [3.05, 3.63) is 74.8 Å². The fourth-order valence-electron chi connectivity index (χ4n) is 4.32. The number of hydrogen-bond acceptors (Lipinski definition) is 6. The number of fused-ring (bicyclic) bond motifs is 1. The molecule has 2 aromatic rings. The Balaban J connectivity index is 1.69.